The first kappa shape index (κ1) is 11.8. The van der Waals surface area contributed by atoms with Crippen molar-refractivity contribution in [1.82, 2.24) is 4.98 Å². The van der Waals surface area contributed by atoms with Crippen LogP contribution in [0.5, 0.6) is 0 Å². The van der Waals surface area contributed by atoms with Gasteiger partial charge in [-0.15, -0.1) is 0 Å². The van der Waals surface area contributed by atoms with Gasteiger partial charge in [-0.25, -0.2) is 4.79 Å². The van der Waals surface area contributed by atoms with Crippen LogP contribution in [0.25, 0.3) is 17.0 Å². The van der Waals surface area contributed by atoms with E-state index < -0.39 is 10.9 Å². The van der Waals surface area contributed by atoms with Gasteiger partial charge in [-0.05, 0) is 19.1 Å². The highest BCUT2D eigenvalue weighted by atomic mass is 16.6. The van der Waals surface area contributed by atoms with E-state index in [-0.39, 0.29) is 5.69 Å². The van der Waals surface area contributed by atoms with Crippen molar-refractivity contribution >= 4 is 28.6 Å². The van der Waals surface area contributed by atoms with Gasteiger partial charge in [0.25, 0.3) is 5.69 Å². The van der Waals surface area contributed by atoms with Crippen molar-refractivity contribution in [3.8, 4) is 0 Å². The maximum atomic E-state index is 10.7. The van der Waals surface area contributed by atoms with Crippen molar-refractivity contribution in [3.05, 3.63) is 45.6 Å². The molecule has 0 saturated heterocycles. The fraction of sp³-hybridized carbons (Fsp3) is 0.0833. The Hall–Kier alpha value is -2.63. The zero-order chi connectivity index (χ0) is 13.3. The van der Waals surface area contributed by atoms with E-state index in [1.807, 2.05) is 0 Å². The molecule has 0 fully saturated rings. The number of nitrogens with one attached hydrogen (secondary N) is 1. The van der Waals surface area contributed by atoms with Gasteiger partial charge in [-0.1, -0.05) is 0 Å². The number of H-pyrrole nitrogens is 1. The van der Waals surface area contributed by atoms with Gasteiger partial charge < -0.3 is 10.1 Å². The number of hydrogen-bond acceptors (Lipinski definition) is 3. The lowest BCUT2D eigenvalue weighted by molar-refractivity contribution is -0.384. The first-order valence-corrected chi connectivity index (χ1v) is 5.17. The Morgan fingerprint density at radius 1 is 1.50 bits per heavy atom. The lowest BCUT2D eigenvalue weighted by atomic mass is 10.1. The molecular formula is C12H10N2O4. The number of aromatic amines is 1. The molecule has 0 unspecified atom stereocenters. The molecule has 2 rings (SSSR count). The predicted molar refractivity (Wildman–Crippen MR) is 66.4 cm³/mol. The van der Waals surface area contributed by atoms with Gasteiger partial charge in [-0.2, -0.15) is 0 Å². The largest absolute Gasteiger partial charge is 0.478 e. The number of carboxylic acids is 1. The Balaban J connectivity index is 2.63. The van der Waals surface area contributed by atoms with E-state index in [0.29, 0.717) is 10.9 Å². The van der Waals surface area contributed by atoms with Crippen LogP contribution in [0, 0.1) is 17.0 Å². The molecular weight excluding hydrogens is 236 g/mol. The predicted octanol–water partition coefficient (Wildman–Crippen LogP) is 2.48. The lowest BCUT2D eigenvalue weighted by Crippen LogP contribution is -1.87. The van der Waals surface area contributed by atoms with E-state index in [4.69, 9.17) is 5.11 Å². The SMILES string of the molecule is Cc1[nH]c2ccc([N+](=O)[O-])cc2c1/C=C/C(=O)O. The molecule has 6 nitrogen and oxygen atoms in total. The molecule has 0 atom stereocenters. The summed E-state index contributed by atoms with van der Waals surface area (Å²) >= 11 is 0. The number of aryl methyl sites for hydroxylation is 1. The van der Waals surface area contributed by atoms with Crippen LogP contribution in [0.1, 0.15) is 11.3 Å². The van der Waals surface area contributed by atoms with Crippen molar-refractivity contribution in [2.24, 2.45) is 0 Å². The summed E-state index contributed by atoms with van der Waals surface area (Å²) in [7, 11) is 0. The van der Waals surface area contributed by atoms with E-state index >= 15 is 0 Å². The maximum Gasteiger partial charge on any atom is 0.328 e. The van der Waals surface area contributed by atoms with Gasteiger partial charge in [0, 0.05) is 40.4 Å². The number of carbonyl (C=O) groups is 1. The van der Waals surface area contributed by atoms with Crippen LogP contribution in [0.3, 0.4) is 0 Å². The minimum Gasteiger partial charge on any atom is -0.478 e. The molecule has 6 heteroatoms. The second kappa shape index (κ2) is 4.33. The van der Waals surface area contributed by atoms with Crippen molar-refractivity contribution in [3.63, 3.8) is 0 Å². The van der Waals surface area contributed by atoms with E-state index in [1.54, 1.807) is 13.0 Å². The smallest absolute Gasteiger partial charge is 0.328 e. The molecule has 0 saturated carbocycles. The zero-order valence-electron chi connectivity index (χ0n) is 9.51. The van der Waals surface area contributed by atoms with Crippen LogP contribution < -0.4 is 0 Å². The Morgan fingerprint density at radius 3 is 2.83 bits per heavy atom. The maximum absolute atomic E-state index is 10.7. The summed E-state index contributed by atoms with van der Waals surface area (Å²) in [5.74, 6) is -1.06. The molecule has 1 aromatic heterocycles. The summed E-state index contributed by atoms with van der Waals surface area (Å²) in [5, 5.41) is 20.0. The highest BCUT2D eigenvalue weighted by molar-refractivity contribution is 5.95. The average molecular weight is 246 g/mol. The second-order valence-corrected chi connectivity index (χ2v) is 3.82. The van der Waals surface area contributed by atoms with Crippen LogP contribution in [0.15, 0.2) is 24.3 Å². The van der Waals surface area contributed by atoms with Gasteiger partial charge in [0.1, 0.15) is 0 Å². The number of nitro groups is 1. The molecule has 0 radical (unpaired) electrons. The van der Waals surface area contributed by atoms with E-state index in [9.17, 15) is 14.9 Å². The quantitative estimate of drug-likeness (QED) is 0.494. The number of aromatic nitrogens is 1. The number of fused-ring (bicyclic) bond motifs is 1. The van der Waals surface area contributed by atoms with Crippen molar-refractivity contribution < 1.29 is 14.8 Å². The minimum absolute atomic E-state index is 0.0218. The molecule has 92 valence electrons. The zero-order valence-corrected chi connectivity index (χ0v) is 9.51. The molecule has 0 aliphatic carbocycles. The number of aliphatic carboxylic acids is 1. The monoisotopic (exact) mass is 246 g/mol. The number of nitrogens with zero attached hydrogens (tertiary/aromatic N) is 1. The van der Waals surface area contributed by atoms with Gasteiger partial charge in [0.15, 0.2) is 0 Å². The Bertz CT molecular complexity index is 670. The number of hydrogen-bond donors (Lipinski definition) is 2. The molecule has 2 aromatic rings. The summed E-state index contributed by atoms with van der Waals surface area (Å²) in [6.07, 6.45) is 2.44. The van der Waals surface area contributed by atoms with Crippen molar-refractivity contribution in [1.29, 1.82) is 0 Å². The second-order valence-electron chi connectivity index (χ2n) is 3.82. The van der Waals surface area contributed by atoms with Gasteiger partial charge >= 0.3 is 5.97 Å². The Labute approximate surface area is 102 Å². The highest BCUT2D eigenvalue weighted by Gasteiger charge is 2.11. The van der Waals surface area contributed by atoms with Crippen molar-refractivity contribution in [2.75, 3.05) is 0 Å². The van der Waals surface area contributed by atoms with Crippen molar-refractivity contribution in [2.45, 2.75) is 6.92 Å². The normalized spacial score (nSPS) is 11.2. The van der Waals surface area contributed by atoms with Crippen LogP contribution in [0.2, 0.25) is 0 Å². The molecule has 2 N–H and O–H groups in total. The number of carboxylic acid groups (broad SMARTS) is 1. The van der Waals surface area contributed by atoms with Gasteiger partial charge in [0.2, 0.25) is 0 Å². The van der Waals surface area contributed by atoms with Gasteiger partial charge in [-0.3, -0.25) is 10.1 Å². The van der Waals surface area contributed by atoms with Crippen LogP contribution in [0.4, 0.5) is 5.69 Å². The van der Waals surface area contributed by atoms with Crippen LogP contribution in [-0.4, -0.2) is 21.0 Å². The summed E-state index contributed by atoms with van der Waals surface area (Å²) in [6, 6.07) is 4.45. The standard InChI is InChI=1S/C12H10N2O4/c1-7-9(3-5-12(15)16)10-6-8(14(17)18)2-4-11(10)13-7/h2-6,13H,1H3,(H,15,16)/b5-3+. The van der Waals surface area contributed by atoms with E-state index in [2.05, 4.69) is 4.98 Å². The third-order valence-corrected chi connectivity index (χ3v) is 2.62. The number of non-ortho nitro benzene ring substituents is 1. The fourth-order valence-electron chi connectivity index (χ4n) is 1.82. The average Bonchev–Trinajstić information content (AvgIpc) is 2.60. The molecule has 1 heterocycles. The van der Waals surface area contributed by atoms with E-state index in [0.717, 1.165) is 17.3 Å². The fourth-order valence-corrected chi connectivity index (χ4v) is 1.82. The first-order valence-electron chi connectivity index (χ1n) is 5.17. The topological polar surface area (TPSA) is 96.2 Å². The highest BCUT2D eigenvalue weighted by Crippen LogP contribution is 2.27. The summed E-state index contributed by atoms with van der Waals surface area (Å²) in [5.41, 5.74) is 2.13. The Kier molecular flexibility index (Phi) is 2.85. The third-order valence-electron chi connectivity index (χ3n) is 2.62. The van der Waals surface area contributed by atoms with Gasteiger partial charge in [0.05, 0.1) is 4.92 Å². The summed E-state index contributed by atoms with van der Waals surface area (Å²) in [4.78, 5) is 23.8. The summed E-state index contributed by atoms with van der Waals surface area (Å²) < 4.78 is 0. The number of nitro benzene ring substituents is 1. The molecule has 0 aliphatic heterocycles. The van der Waals surface area contributed by atoms with Crippen LogP contribution >= 0.6 is 0 Å². The molecule has 0 aliphatic rings. The molecule has 0 amide bonds. The number of rotatable bonds is 3. The first-order chi connectivity index (χ1) is 8.49. The minimum atomic E-state index is -1.06. The Morgan fingerprint density at radius 2 is 2.22 bits per heavy atom. The molecule has 18 heavy (non-hydrogen) atoms. The molecule has 0 spiro atoms. The van der Waals surface area contributed by atoms with E-state index in [1.165, 1.54) is 18.2 Å². The summed E-state index contributed by atoms with van der Waals surface area (Å²) in [6.45, 7) is 1.79. The third kappa shape index (κ3) is 2.08. The molecule has 1 aromatic carbocycles. The lowest BCUT2D eigenvalue weighted by Gasteiger charge is -1.94. The molecule has 0 bridgehead atoms. The van der Waals surface area contributed by atoms with Crippen LogP contribution in [-0.2, 0) is 4.79 Å². The number of benzene rings is 1.